The molecule has 0 aliphatic rings. The smallest absolute Gasteiger partial charge is 0.265 e. The Balaban J connectivity index is 1.60. The molecule has 3 aromatic carbocycles. The molecule has 29 heavy (non-hydrogen) atoms. The molecule has 0 unspecified atom stereocenters. The van der Waals surface area contributed by atoms with Crippen molar-refractivity contribution in [1.29, 1.82) is 0 Å². The lowest BCUT2D eigenvalue weighted by molar-refractivity contribution is -0.122. The second-order valence-electron chi connectivity index (χ2n) is 7.20. The van der Waals surface area contributed by atoms with E-state index in [0.29, 0.717) is 0 Å². The molecule has 0 aliphatic carbocycles. The fraction of sp³-hybridized carbons (Fsp3) is 0.240. The quantitative estimate of drug-likeness (QED) is 0.468. The van der Waals surface area contributed by atoms with Crippen LogP contribution in [0.5, 0.6) is 5.75 Å². The average molecular weight is 406 g/mol. The minimum atomic E-state index is -0.580. The number of anilines is 1. The van der Waals surface area contributed by atoms with Crippen LogP contribution in [0, 0.1) is 20.8 Å². The Morgan fingerprint density at radius 1 is 0.966 bits per heavy atom. The molecule has 3 rings (SSSR count). The van der Waals surface area contributed by atoms with Crippen LogP contribution in [-0.4, -0.2) is 12.0 Å². The van der Waals surface area contributed by atoms with E-state index in [4.69, 9.17) is 4.74 Å². The van der Waals surface area contributed by atoms with Gasteiger partial charge in [0, 0.05) is 16.3 Å². The predicted octanol–water partition coefficient (Wildman–Crippen LogP) is 6.31. The van der Waals surface area contributed by atoms with E-state index < -0.39 is 6.10 Å². The zero-order valence-electron chi connectivity index (χ0n) is 17.4. The van der Waals surface area contributed by atoms with Crippen LogP contribution < -0.4 is 10.1 Å². The Hall–Kier alpha value is -2.72. The van der Waals surface area contributed by atoms with Gasteiger partial charge in [0.1, 0.15) is 5.75 Å². The molecule has 150 valence electrons. The third-order valence-electron chi connectivity index (χ3n) is 4.93. The summed E-state index contributed by atoms with van der Waals surface area (Å²) in [5, 5.41) is 2.99. The van der Waals surface area contributed by atoms with E-state index in [1.165, 1.54) is 10.5 Å². The molecule has 1 amide bonds. The van der Waals surface area contributed by atoms with Crippen molar-refractivity contribution in [2.45, 2.75) is 44.4 Å². The number of rotatable bonds is 7. The molecule has 0 fully saturated rings. The highest BCUT2D eigenvalue weighted by molar-refractivity contribution is 7.98. The van der Waals surface area contributed by atoms with E-state index in [0.717, 1.165) is 33.9 Å². The molecule has 0 saturated carbocycles. The van der Waals surface area contributed by atoms with Gasteiger partial charge in [-0.05, 0) is 74.2 Å². The van der Waals surface area contributed by atoms with Gasteiger partial charge in [-0.1, -0.05) is 42.5 Å². The highest BCUT2D eigenvalue weighted by Gasteiger charge is 2.17. The van der Waals surface area contributed by atoms with Crippen LogP contribution in [0.25, 0.3) is 0 Å². The first-order chi connectivity index (χ1) is 13.9. The Morgan fingerprint density at radius 2 is 1.72 bits per heavy atom. The summed E-state index contributed by atoms with van der Waals surface area (Å²) >= 11 is 1.80. The van der Waals surface area contributed by atoms with Crippen molar-refractivity contribution in [3.8, 4) is 5.75 Å². The number of thioether (sulfide) groups is 1. The molecule has 3 nitrogen and oxygen atoms in total. The van der Waals surface area contributed by atoms with Crippen molar-refractivity contribution >= 4 is 23.4 Å². The maximum absolute atomic E-state index is 12.6. The van der Waals surface area contributed by atoms with E-state index in [1.54, 1.807) is 18.7 Å². The summed E-state index contributed by atoms with van der Waals surface area (Å²) in [5.74, 6) is 1.49. The number of hydrogen-bond acceptors (Lipinski definition) is 3. The fourth-order valence-corrected chi connectivity index (χ4v) is 3.83. The maximum atomic E-state index is 12.6. The molecule has 0 aliphatic heterocycles. The lowest BCUT2D eigenvalue weighted by Gasteiger charge is -2.18. The molecular weight excluding hydrogens is 378 g/mol. The minimum Gasteiger partial charge on any atom is -0.481 e. The largest absolute Gasteiger partial charge is 0.481 e. The zero-order valence-corrected chi connectivity index (χ0v) is 18.2. The van der Waals surface area contributed by atoms with Crippen LogP contribution in [0.1, 0.15) is 29.2 Å². The highest BCUT2D eigenvalue weighted by atomic mass is 32.2. The Bertz CT molecular complexity index is 985. The van der Waals surface area contributed by atoms with Crippen molar-refractivity contribution < 1.29 is 9.53 Å². The van der Waals surface area contributed by atoms with Gasteiger partial charge in [-0.25, -0.2) is 0 Å². The van der Waals surface area contributed by atoms with E-state index in [2.05, 4.69) is 29.6 Å². The van der Waals surface area contributed by atoms with Crippen LogP contribution in [0.3, 0.4) is 0 Å². The molecule has 0 saturated heterocycles. The standard InChI is InChI=1S/C25H27NO2S/c1-17-9-8-12-24(19(17)3)28-20(4)25(27)26-23-14-13-21(15-18(23)2)16-29-22-10-6-5-7-11-22/h5-15,20H,16H2,1-4H3,(H,26,27)/t20-/m1/s1. The highest BCUT2D eigenvalue weighted by Crippen LogP contribution is 2.26. The van der Waals surface area contributed by atoms with E-state index >= 15 is 0 Å². The molecule has 0 bridgehead atoms. The van der Waals surface area contributed by atoms with E-state index in [-0.39, 0.29) is 5.91 Å². The number of benzene rings is 3. The van der Waals surface area contributed by atoms with E-state index in [9.17, 15) is 4.79 Å². The van der Waals surface area contributed by atoms with Gasteiger partial charge in [0.2, 0.25) is 0 Å². The summed E-state index contributed by atoms with van der Waals surface area (Å²) in [6.45, 7) is 7.83. The number of carbonyl (C=O) groups is 1. The van der Waals surface area contributed by atoms with Gasteiger partial charge >= 0.3 is 0 Å². The summed E-state index contributed by atoms with van der Waals surface area (Å²) < 4.78 is 5.90. The molecule has 0 heterocycles. The van der Waals surface area contributed by atoms with E-state index in [1.807, 2.05) is 63.2 Å². The first kappa shape index (κ1) is 21.0. The Labute approximate surface area is 177 Å². The molecular formula is C25H27NO2S. The first-order valence-electron chi connectivity index (χ1n) is 9.75. The lowest BCUT2D eigenvalue weighted by atomic mass is 10.1. The minimum absolute atomic E-state index is 0.152. The molecule has 0 aromatic heterocycles. The van der Waals surface area contributed by atoms with Gasteiger partial charge in [0.15, 0.2) is 6.10 Å². The van der Waals surface area contributed by atoms with Gasteiger partial charge in [-0.3, -0.25) is 4.79 Å². The number of carbonyl (C=O) groups excluding carboxylic acids is 1. The van der Waals surface area contributed by atoms with Crippen LogP contribution in [-0.2, 0) is 10.5 Å². The lowest BCUT2D eigenvalue weighted by Crippen LogP contribution is -2.30. The average Bonchev–Trinajstić information content (AvgIpc) is 2.72. The number of hydrogen-bond donors (Lipinski definition) is 1. The van der Waals surface area contributed by atoms with Gasteiger partial charge in [0.25, 0.3) is 5.91 Å². The normalized spacial score (nSPS) is 11.7. The Morgan fingerprint density at radius 3 is 2.45 bits per heavy atom. The molecule has 0 radical (unpaired) electrons. The van der Waals surface area contributed by atoms with Crippen LogP contribution in [0.4, 0.5) is 5.69 Å². The number of aryl methyl sites for hydroxylation is 2. The topological polar surface area (TPSA) is 38.3 Å². The summed E-state index contributed by atoms with van der Waals surface area (Å²) in [7, 11) is 0. The van der Waals surface area contributed by atoms with Crippen molar-refractivity contribution in [2.75, 3.05) is 5.32 Å². The SMILES string of the molecule is Cc1cc(CSc2ccccc2)ccc1NC(=O)[C@@H](C)Oc1cccc(C)c1C. The Kier molecular flexibility index (Phi) is 6.99. The summed E-state index contributed by atoms with van der Waals surface area (Å²) in [6.07, 6.45) is -0.580. The van der Waals surface area contributed by atoms with Gasteiger partial charge in [-0.15, -0.1) is 11.8 Å². The predicted molar refractivity (Wildman–Crippen MR) is 122 cm³/mol. The number of ether oxygens (including phenoxy) is 1. The molecule has 4 heteroatoms. The third-order valence-corrected chi connectivity index (χ3v) is 6.01. The second kappa shape index (κ2) is 9.66. The third kappa shape index (κ3) is 5.64. The van der Waals surface area contributed by atoms with Crippen molar-refractivity contribution in [2.24, 2.45) is 0 Å². The van der Waals surface area contributed by atoms with Crippen LogP contribution >= 0.6 is 11.8 Å². The molecule has 1 atom stereocenters. The number of amides is 1. The summed E-state index contributed by atoms with van der Waals surface area (Å²) in [4.78, 5) is 13.9. The van der Waals surface area contributed by atoms with Crippen LogP contribution in [0.2, 0.25) is 0 Å². The number of nitrogens with one attached hydrogen (secondary N) is 1. The van der Waals surface area contributed by atoms with Crippen molar-refractivity contribution in [1.82, 2.24) is 0 Å². The zero-order chi connectivity index (χ0) is 20.8. The summed E-state index contributed by atoms with van der Waals surface area (Å²) in [6, 6.07) is 22.4. The van der Waals surface area contributed by atoms with Gasteiger partial charge in [-0.2, -0.15) is 0 Å². The van der Waals surface area contributed by atoms with Crippen molar-refractivity contribution in [3.05, 3.63) is 89.0 Å². The monoisotopic (exact) mass is 405 g/mol. The van der Waals surface area contributed by atoms with Crippen LogP contribution in [0.15, 0.2) is 71.6 Å². The second-order valence-corrected chi connectivity index (χ2v) is 8.25. The fourth-order valence-electron chi connectivity index (χ4n) is 2.97. The molecule has 3 aromatic rings. The maximum Gasteiger partial charge on any atom is 0.265 e. The van der Waals surface area contributed by atoms with Crippen molar-refractivity contribution in [3.63, 3.8) is 0 Å². The summed E-state index contributed by atoms with van der Waals surface area (Å²) in [5.41, 5.74) is 5.30. The molecule has 0 spiro atoms. The van der Waals surface area contributed by atoms with Gasteiger partial charge in [0.05, 0.1) is 0 Å². The first-order valence-corrected chi connectivity index (χ1v) is 10.7. The molecule has 1 N–H and O–H groups in total. The van der Waals surface area contributed by atoms with Gasteiger partial charge < -0.3 is 10.1 Å².